The van der Waals surface area contributed by atoms with Gasteiger partial charge in [0.25, 0.3) is 5.91 Å². The van der Waals surface area contributed by atoms with E-state index in [1.807, 2.05) is 0 Å². The van der Waals surface area contributed by atoms with Crippen LogP contribution in [0.5, 0.6) is 11.6 Å². The second-order valence-corrected chi connectivity index (χ2v) is 4.62. The maximum Gasteiger partial charge on any atom is 0.422 e. The highest BCUT2D eigenvalue weighted by Crippen LogP contribution is 2.26. The third-order valence-corrected chi connectivity index (χ3v) is 2.73. The number of hydrogen-bond donors (Lipinski definition) is 1. The summed E-state index contributed by atoms with van der Waals surface area (Å²) >= 11 is 0. The van der Waals surface area contributed by atoms with Crippen molar-refractivity contribution in [3.05, 3.63) is 48.2 Å². The van der Waals surface area contributed by atoms with Crippen LogP contribution in [0.2, 0.25) is 0 Å². The molecule has 25 heavy (non-hydrogen) atoms. The zero-order valence-corrected chi connectivity index (χ0v) is 12.4. The summed E-state index contributed by atoms with van der Waals surface area (Å²) in [4.78, 5) is 15.6. The number of halogens is 5. The largest absolute Gasteiger partial charge is 0.468 e. The first kappa shape index (κ1) is 18.4. The minimum atomic E-state index is -4.51. The van der Waals surface area contributed by atoms with E-state index in [0.29, 0.717) is 0 Å². The molecule has 0 radical (unpaired) electrons. The van der Waals surface area contributed by atoms with Crippen molar-refractivity contribution in [2.45, 2.75) is 12.8 Å². The van der Waals surface area contributed by atoms with Gasteiger partial charge in [-0.2, -0.15) is 22.0 Å². The third-order valence-electron chi connectivity index (χ3n) is 2.73. The summed E-state index contributed by atoms with van der Waals surface area (Å²) in [6, 6.07) is 7.81. The smallest absolute Gasteiger partial charge is 0.422 e. The number of pyridine rings is 1. The number of carbonyl (C=O) groups is 1. The molecule has 5 nitrogen and oxygen atoms in total. The van der Waals surface area contributed by atoms with Crippen molar-refractivity contribution in [1.29, 1.82) is 0 Å². The van der Waals surface area contributed by atoms with E-state index in [-0.39, 0.29) is 22.9 Å². The molecule has 1 aromatic carbocycles. The molecular weight excluding hydrogens is 351 g/mol. The molecule has 1 aromatic heterocycles. The zero-order valence-electron chi connectivity index (χ0n) is 12.4. The Labute approximate surface area is 138 Å². The first-order valence-electron chi connectivity index (χ1n) is 6.75. The molecule has 2 aromatic rings. The Morgan fingerprint density at radius 1 is 1.16 bits per heavy atom. The van der Waals surface area contributed by atoms with Gasteiger partial charge in [0.15, 0.2) is 6.61 Å². The van der Waals surface area contributed by atoms with Crippen LogP contribution < -0.4 is 14.8 Å². The van der Waals surface area contributed by atoms with Gasteiger partial charge >= 0.3 is 12.8 Å². The molecule has 0 aliphatic heterocycles. The number of ether oxygens (including phenoxy) is 2. The highest BCUT2D eigenvalue weighted by molar-refractivity contribution is 6.04. The Kier molecular flexibility index (Phi) is 5.73. The Balaban J connectivity index is 2.04. The number of nitrogens with one attached hydrogen (secondary N) is 1. The van der Waals surface area contributed by atoms with Crippen LogP contribution in [-0.2, 0) is 0 Å². The Morgan fingerprint density at radius 2 is 1.88 bits per heavy atom. The van der Waals surface area contributed by atoms with Crippen molar-refractivity contribution in [1.82, 2.24) is 4.98 Å². The molecule has 0 fully saturated rings. The summed E-state index contributed by atoms with van der Waals surface area (Å²) in [6.07, 6.45) is -3.51. The summed E-state index contributed by atoms with van der Waals surface area (Å²) in [6.45, 7) is -4.58. The fraction of sp³-hybridized carbons (Fsp3) is 0.200. The molecule has 0 saturated heterocycles. The molecule has 1 amide bonds. The number of hydrogen-bond acceptors (Lipinski definition) is 4. The molecule has 0 bridgehead atoms. The monoisotopic (exact) mass is 362 g/mol. The molecule has 134 valence electrons. The van der Waals surface area contributed by atoms with Crippen molar-refractivity contribution in [2.75, 3.05) is 11.9 Å². The van der Waals surface area contributed by atoms with Gasteiger partial charge in [-0.25, -0.2) is 4.98 Å². The van der Waals surface area contributed by atoms with E-state index in [1.165, 1.54) is 30.3 Å². The van der Waals surface area contributed by atoms with Crippen LogP contribution in [0.25, 0.3) is 0 Å². The summed E-state index contributed by atoms with van der Waals surface area (Å²) in [5, 5.41) is 2.35. The topological polar surface area (TPSA) is 60.5 Å². The van der Waals surface area contributed by atoms with Crippen molar-refractivity contribution in [3.63, 3.8) is 0 Å². The molecular formula is C15H11F5N2O3. The lowest BCUT2D eigenvalue weighted by molar-refractivity contribution is -0.154. The van der Waals surface area contributed by atoms with Crippen LogP contribution in [0.15, 0.2) is 42.6 Å². The molecule has 2 rings (SSSR count). The van der Waals surface area contributed by atoms with Crippen LogP contribution in [0, 0.1) is 0 Å². The molecule has 0 aliphatic rings. The summed E-state index contributed by atoms with van der Waals surface area (Å²) in [5.41, 5.74) is -0.00333. The SMILES string of the molecule is O=C(Nc1ccccc1OC(F)F)c1ccc(OCC(F)(F)F)nc1. The Morgan fingerprint density at radius 3 is 2.48 bits per heavy atom. The fourth-order valence-electron chi connectivity index (χ4n) is 1.72. The second-order valence-electron chi connectivity index (χ2n) is 4.62. The van der Waals surface area contributed by atoms with E-state index in [0.717, 1.165) is 12.3 Å². The number of amides is 1. The lowest BCUT2D eigenvalue weighted by Gasteiger charge is -2.12. The number of benzene rings is 1. The zero-order chi connectivity index (χ0) is 18.4. The lowest BCUT2D eigenvalue weighted by atomic mass is 10.2. The molecule has 0 spiro atoms. The minimum absolute atomic E-state index is 0.00481. The maximum atomic E-state index is 12.3. The average Bonchev–Trinajstić information content (AvgIpc) is 2.54. The van der Waals surface area contributed by atoms with Crippen LogP contribution >= 0.6 is 0 Å². The minimum Gasteiger partial charge on any atom is -0.468 e. The van der Waals surface area contributed by atoms with Crippen molar-refractivity contribution < 1.29 is 36.2 Å². The predicted molar refractivity (Wildman–Crippen MR) is 76.8 cm³/mol. The van der Waals surface area contributed by atoms with Gasteiger partial charge in [0.1, 0.15) is 5.75 Å². The standard InChI is InChI=1S/C15H11F5N2O3/c16-14(17)25-11-4-2-1-3-10(11)22-13(23)9-5-6-12(21-7-9)24-8-15(18,19)20/h1-7,14H,8H2,(H,22,23). The van der Waals surface area contributed by atoms with Gasteiger partial charge in [0, 0.05) is 12.3 Å². The quantitative estimate of drug-likeness (QED) is 0.793. The normalized spacial score (nSPS) is 11.3. The van der Waals surface area contributed by atoms with Gasteiger partial charge in [0.2, 0.25) is 5.88 Å². The number of carbonyl (C=O) groups excluding carboxylic acids is 1. The number of anilines is 1. The predicted octanol–water partition coefficient (Wildman–Crippen LogP) is 3.88. The number of nitrogens with zero attached hydrogens (tertiary/aromatic N) is 1. The van der Waals surface area contributed by atoms with Crippen LogP contribution in [0.1, 0.15) is 10.4 Å². The molecule has 0 atom stereocenters. The van der Waals surface area contributed by atoms with Gasteiger partial charge in [-0.3, -0.25) is 4.79 Å². The van der Waals surface area contributed by atoms with E-state index in [9.17, 15) is 26.7 Å². The fourth-order valence-corrected chi connectivity index (χ4v) is 1.72. The van der Waals surface area contributed by atoms with Gasteiger partial charge < -0.3 is 14.8 Å². The molecule has 0 unspecified atom stereocenters. The molecule has 10 heteroatoms. The number of para-hydroxylation sites is 2. The van der Waals surface area contributed by atoms with E-state index >= 15 is 0 Å². The van der Waals surface area contributed by atoms with Crippen LogP contribution in [-0.4, -0.2) is 30.3 Å². The van der Waals surface area contributed by atoms with Crippen molar-refractivity contribution in [3.8, 4) is 11.6 Å². The third kappa shape index (κ3) is 5.90. The van der Waals surface area contributed by atoms with Gasteiger partial charge in [-0.05, 0) is 18.2 Å². The van der Waals surface area contributed by atoms with Crippen LogP contribution in [0.3, 0.4) is 0 Å². The van der Waals surface area contributed by atoms with Gasteiger partial charge in [0.05, 0.1) is 11.3 Å². The average molecular weight is 362 g/mol. The first-order chi connectivity index (χ1) is 11.7. The highest BCUT2D eigenvalue weighted by atomic mass is 19.4. The number of aromatic nitrogens is 1. The van der Waals surface area contributed by atoms with Crippen LogP contribution in [0.4, 0.5) is 27.6 Å². The van der Waals surface area contributed by atoms with Gasteiger partial charge in [-0.15, -0.1) is 0 Å². The highest BCUT2D eigenvalue weighted by Gasteiger charge is 2.28. The molecule has 1 heterocycles. The van der Waals surface area contributed by atoms with E-state index in [4.69, 9.17) is 0 Å². The molecule has 1 N–H and O–H groups in total. The number of rotatable bonds is 6. The summed E-state index contributed by atoms with van der Waals surface area (Å²) in [5.74, 6) is -1.25. The van der Waals surface area contributed by atoms with E-state index < -0.39 is 25.3 Å². The number of alkyl halides is 5. The molecule has 0 aliphatic carbocycles. The summed E-state index contributed by atoms with van der Waals surface area (Å²) < 4.78 is 69.4. The lowest BCUT2D eigenvalue weighted by Crippen LogP contribution is -2.20. The Hall–Kier alpha value is -2.91. The van der Waals surface area contributed by atoms with E-state index in [2.05, 4.69) is 19.8 Å². The van der Waals surface area contributed by atoms with Crippen molar-refractivity contribution in [2.24, 2.45) is 0 Å². The molecule has 0 saturated carbocycles. The van der Waals surface area contributed by atoms with Crippen molar-refractivity contribution >= 4 is 11.6 Å². The Bertz CT molecular complexity index is 720. The maximum absolute atomic E-state index is 12.3. The second kappa shape index (κ2) is 7.77. The summed E-state index contributed by atoms with van der Waals surface area (Å²) in [7, 11) is 0. The van der Waals surface area contributed by atoms with Gasteiger partial charge in [-0.1, -0.05) is 12.1 Å². The van der Waals surface area contributed by atoms with E-state index in [1.54, 1.807) is 0 Å². The first-order valence-corrected chi connectivity index (χ1v) is 6.75.